The van der Waals surface area contributed by atoms with E-state index in [2.05, 4.69) is 25.1 Å². The molecule has 0 unspecified atom stereocenters. The van der Waals surface area contributed by atoms with Crippen LogP contribution in [-0.4, -0.2) is 17.4 Å². The smallest absolute Gasteiger partial charge is 0.144 e. The first-order valence-corrected chi connectivity index (χ1v) is 8.09. The van der Waals surface area contributed by atoms with Gasteiger partial charge in [0.2, 0.25) is 0 Å². The van der Waals surface area contributed by atoms with E-state index in [0.717, 1.165) is 47.8 Å². The first kappa shape index (κ1) is 14.6. The molecular formula is C18H21NO4. The standard InChI is InChI=1S/C18H21NO4/c1-18(2)7-5-12-9-13(3-4-16(12)22-18)21-11-15-14-10-20-8-6-17(14)23-19-15/h3-4,9H,5-8,10-11H2,1-2H3. The number of hydrogen-bond donors (Lipinski definition) is 0. The summed E-state index contributed by atoms with van der Waals surface area (Å²) >= 11 is 0. The van der Waals surface area contributed by atoms with Crippen molar-refractivity contribution < 1.29 is 18.7 Å². The normalized spacial score (nSPS) is 18.7. The summed E-state index contributed by atoms with van der Waals surface area (Å²) in [5, 5.41) is 4.11. The van der Waals surface area contributed by atoms with E-state index in [1.165, 1.54) is 5.56 Å². The van der Waals surface area contributed by atoms with E-state index in [1.807, 2.05) is 12.1 Å². The molecule has 0 fully saturated rings. The summed E-state index contributed by atoms with van der Waals surface area (Å²) in [6.07, 6.45) is 2.80. The molecule has 23 heavy (non-hydrogen) atoms. The Hall–Kier alpha value is -2.01. The number of ether oxygens (including phenoxy) is 3. The Kier molecular flexibility index (Phi) is 3.53. The average Bonchev–Trinajstić information content (AvgIpc) is 2.95. The van der Waals surface area contributed by atoms with Gasteiger partial charge in [-0.1, -0.05) is 5.16 Å². The molecule has 5 heteroatoms. The number of aromatic nitrogens is 1. The van der Waals surface area contributed by atoms with Crippen LogP contribution in [0.25, 0.3) is 0 Å². The molecule has 4 rings (SSSR count). The fourth-order valence-electron chi connectivity index (χ4n) is 3.07. The van der Waals surface area contributed by atoms with Gasteiger partial charge in [-0.3, -0.25) is 0 Å². The van der Waals surface area contributed by atoms with Crippen molar-refractivity contribution in [1.82, 2.24) is 5.16 Å². The molecule has 1 aromatic heterocycles. The Morgan fingerprint density at radius 2 is 2.17 bits per heavy atom. The molecule has 5 nitrogen and oxygen atoms in total. The highest BCUT2D eigenvalue weighted by molar-refractivity contribution is 5.42. The lowest BCUT2D eigenvalue weighted by atomic mass is 9.94. The minimum atomic E-state index is -0.0881. The van der Waals surface area contributed by atoms with Gasteiger partial charge in [0.1, 0.15) is 35.2 Å². The lowest BCUT2D eigenvalue weighted by Gasteiger charge is -2.32. The molecule has 0 saturated carbocycles. The van der Waals surface area contributed by atoms with Crippen molar-refractivity contribution in [3.05, 3.63) is 40.8 Å². The second-order valence-corrected chi connectivity index (χ2v) is 6.75. The van der Waals surface area contributed by atoms with Crippen LogP contribution < -0.4 is 9.47 Å². The van der Waals surface area contributed by atoms with Gasteiger partial charge >= 0.3 is 0 Å². The van der Waals surface area contributed by atoms with Crippen LogP contribution >= 0.6 is 0 Å². The number of aryl methyl sites for hydroxylation is 1. The monoisotopic (exact) mass is 315 g/mol. The zero-order chi connectivity index (χ0) is 15.9. The van der Waals surface area contributed by atoms with E-state index >= 15 is 0 Å². The fraction of sp³-hybridized carbons (Fsp3) is 0.500. The van der Waals surface area contributed by atoms with Crippen molar-refractivity contribution in [1.29, 1.82) is 0 Å². The van der Waals surface area contributed by atoms with Crippen LogP contribution in [0.2, 0.25) is 0 Å². The van der Waals surface area contributed by atoms with Gasteiger partial charge in [-0.25, -0.2) is 0 Å². The Labute approximate surface area is 135 Å². The van der Waals surface area contributed by atoms with Crippen LogP contribution in [0.1, 0.15) is 42.8 Å². The molecule has 2 aliphatic rings. The second kappa shape index (κ2) is 5.57. The maximum absolute atomic E-state index is 6.00. The van der Waals surface area contributed by atoms with Crippen molar-refractivity contribution in [2.45, 2.75) is 51.9 Å². The van der Waals surface area contributed by atoms with E-state index in [0.29, 0.717) is 19.8 Å². The second-order valence-electron chi connectivity index (χ2n) is 6.75. The molecule has 0 atom stereocenters. The topological polar surface area (TPSA) is 53.7 Å². The number of benzene rings is 1. The molecule has 3 heterocycles. The van der Waals surface area contributed by atoms with Crippen molar-refractivity contribution in [2.24, 2.45) is 0 Å². The molecule has 0 spiro atoms. The molecular weight excluding hydrogens is 294 g/mol. The summed E-state index contributed by atoms with van der Waals surface area (Å²) < 4.78 is 22.7. The molecule has 0 N–H and O–H groups in total. The number of rotatable bonds is 3. The third kappa shape index (κ3) is 2.93. The maximum Gasteiger partial charge on any atom is 0.144 e. The van der Waals surface area contributed by atoms with E-state index in [-0.39, 0.29) is 5.60 Å². The first-order valence-electron chi connectivity index (χ1n) is 8.09. The van der Waals surface area contributed by atoms with E-state index in [9.17, 15) is 0 Å². The average molecular weight is 315 g/mol. The van der Waals surface area contributed by atoms with Crippen LogP contribution in [0.15, 0.2) is 22.7 Å². The predicted octanol–water partition coefficient (Wildman–Crippen LogP) is 3.43. The molecule has 1 aromatic carbocycles. The molecule has 0 saturated heterocycles. The molecule has 0 aliphatic carbocycles. The minimum absolute atomic E-state index is 0.0881. The molecule has 2 aromatic rings. The minimum Gasteiger partial charge on any atom is -0.488 e. The van der Waals surface area contributed by atoms with Crippen molar-refractivity contribution in [3.63, 3.8) is 0 Å². The summed E-state index contributed by atoms with van der Waals surface area (Å²) in [5.41, 5.74) is 2.98. The van der Waals surface area contributed by atoms with Gasteiger partial charge in [-0.05, 0) is 50.5 Å². The number of nitrogens with zero attached hydrogens (tertiary/aromatic N) is 1. The van der Waals surface area contributed by atoms with Crippen LogP contribution in [0.3, 0.4) is 0 Å². The highest BCUT2D eigenvalue weighted by Crippen LogP contribution is 2.35. The van der Waals surface area contributed by atoms with Gasteiger partial charge in [0.15, 0.2) is 0 Å². The molecule has 122 valence electrons. The largest absolute Gasteiger partial charge is 0.488 e. The van der Waals surface area contributed by atoms with E-state index < -0.39 is 0 Å². The van der Waals surface area contributed by atoms with Gasteiger partial charge in [-0.2, -0.15) is 0 Å². The van der Waals surface area contributed by atoms with Crippen molar-refractivity contribution >= 4 is 0 Å². The quantitative estimate of drug-likeness (QED) is 0.868. The summed E-state index contributed by atoms with van der Waals surface area (Å²) in [6, 6.07) is 6.00. The Morgan fingerprint density at radius 1 is 1.26 bits per heavy atom. The Balaban J connectivity index is 1.47. The van der Waals surface area contributed by atoms with Gasteiger partial charge < -0.3 is 18.7 Å². The van der Waals surface area contributed by atoms with Crippen LogP contribution in [0.5, 0.6) is 11.5 Å². The zero-order valence-electron chi connectivity index (χ0n) is 13.6. The highest BCUT2D eigenvalue weighted by atomic mass is 16.5. The lowest BCUT2D eigenvalue weighted by Crippen LogP contribution is -2.32. The maximum atomic E-state index is 6.00. The summed E-state index contributed by atoms with van der Waals surface area (Å²) in [4.78, 5) is 0. The van der Waals surface area contributed by atoms with Crippen molar-refractivity contribution in [2.75, 3.05) is 6.61 Å². The predicted molar refractivity (Wildman–Crippen MR) is 83.7 cm³/mol. The molecule has 0 amide bonds. The zero-order valence-corrected chi connectivity index (χ0v) is 13.6. The lowest BCUT2D eigenvalue weighted by molar-refractivity contribution is 0.0844. The third-order valence-electron chi connectivity index (χ3n) is 4.46. The SMILES string of the molecule is CC1(C)CCc2cc(OCc3noc4c3COCC4)ccc2O1. The third-order valence-corrected chi connectivity index (χ3v) is 4.46. The summed E-state index contributed by atoms with van der Waals surface area (Å²) in [7, 11) is 0. The highest BCUT2D eigenvalue weighted by Gasteiger charge is 2.26. The number of fused-ring (bicyclic) bond motifs is 2. The molecule has 0 bridgehead atoms. The van der Waals surface area contributed by atoms with Crippen molar-refractivity contribution in [3.8, 4) is 11.5 Å². The van der Waals surface area contributed by atoms with Crippen LogP contribution in [-0.2, 0) is 30.8 Å². The Morgan fingerprint density at radius 3 is 3.09 bits per heavy atom. The van der Waals surface area contributed by atoms with Crippen LogP contribution in [0, 0.1) is 0 Å². The van der Waals surface area contributed by atoms with E-state index in [1.54, 1.807) is 0 Å². The van der Waals surface area contributed by atoms with Gasteiger partial charge in [-0.15, -0.1) is 0 Å². The van der Waals surface area contributed by atoms with E-state index in [4.69, 9.17) is 18.7 Å². The van der Waals surface area contributed by atoms with Gasteiger partial charge in [0.25, 0.3) is 0 Å². The molecule has 2 aliphatic heterocycles. The van der Waals surface area contributed by atoms with Gasteiger partial charge in [0, 0.05) is 12.0 Å². The molecule has 0 radical (unpaired) electrons. The van der Waals surface area contributed by atoms with Crippen LogP contribution in [0.4, 0.5) is 0 Å². The Bertz CT molecular complexity index is 720. The first-order chi connectivity index (χ1) is 11.1. The van der Waals surface area contributed by atoms with Gasteiger partial charge in [0.05, 0.1) is 13.2 Å². The summed E-state index contributed by atoms with van der Waals surface area (Å²) in [6.45, 7) is 5.90. The fourth-order valence-corrected chi connectivity index (χ4v) is 3.07. The number of hydrogen-bond acceptors (Lipinski definition) is 5. The summed E-state index contributed by atoms with van der Waals surface area (Å²) in [5.74, 6) is 2.72.